The van der Waals surface area contributed by atoms with Crippen LogP contribution < -0.4 is 10.1 Å². The van der Waals surface area contributed by atoms with Crippen LogP contribution in [-0.2, 0) is 0 Å². The number of rotatable bonds is 7. The summed E-state index contributed by atoms with van der Waals surface area (Å²) in [5.74, 6) is 0.0226. The van der Waals surface area contributed by atoms with Gasteiger partial charge in [-0.1, -0.05) is 6.92 Å². The molecule has 2 nitrogen and oxygen atoms in total. The second kappa shape index (κ2) is 7.47. The lowest BCUT2D eigenvalue weighted by Gasteiger charge is -2.18. The molecule has 0 saturated heterocycles. The number of ether oxygens (including phenoxy) is 1. The van der Waals surface area contributed by atoms with Crippen LogP contribution in [0.25, 0.3) is 0 Å². The summed E-state index contributed by atoms with van der Waals surface area (Å²) in [5.41, 5.74) is 0.610. The Hall–Kier alpha value is -1.30. The van der Waals surface area contributed by atoms with E-state index in [9.17, 15) is 17.6 Å². The van der Waals surface area contributed by atoms with Crippen LogP contribution in [0, 0.1) is 5.82 Å². The van der Waals surface area contributed by atoms with E-state index in [0.717, 1.165) is 0 Å². The van der Waals surface area contributed by atoms with Crippen molar-refractivity contribution in [3.05, 3.63) is 29.6 Å². The Morgan fingerprint density at radius 3 is 2.60 bits per heavy atom. The summed E-state index contributed by atoms with van der Waals surface area (Å²) in [5, 5.41) is 3.12. The van der Waals surface area contributed by atoms with Crippen molar-refractivity contribution < 1.29 is 22.3 Å². The minimum absolute atomic E-state index is 0.0447. The van der Waals surface area contributed by atoms with Crippen LogP contribution in [0.2, 0.25) is 0 Å². The topological polar surface area (TPSA) is 21.3 Å². The molecule has 0 aliphatic heterocycles. The predicted octanol–water partition coefficient (Wildman–Crippen LogP) is 4.22. The van der Waals surface area contributed by atoms with Gasteiger partial charge in [-0.05, 0) is 38.1 Å². The van der Waals surface area contributed by atoms with Crippen LogP contribution in [0.3, 0.4) is 0 Å². The first-order valence-electron chi connectivity index (χ1n) is 6.56. The number of hydrogen-bond acceptors (Lipinski definition) is 2. The van der Waals surface area contributed by atoms with E-state index in [1.165, 1.54) is 18.2 Å². The van der Waals surface area contributed by atoms with Crippen LogP contribution in [0.1, 0.15) is 38.3 Å². The van der Waals surface area contributed by atoms with Crippen molar-refractivity contribution in [1.29, 1.82) is 0 Å². The van der Waals surface area contributed by atoms with Crippen LogP contribution >= 0.6 is 0 Å². The zero-order chi connectivity index (χ0) is 15.2. The van der Waals surface area contributed by atoms with Gasteiger partial charge in [-0.3, -0.25) is 0 Å². The summed E-state index contributed by atoms with van der Waals surface area (Å²) >= 11 is 0. The molecular weight excluding hydrogens is 274 g/mol. The molecule has 0 radical (unpaired) electrons. The van der Waals surface area contributed by atoms with Crippen molar-refractivity contribution in [1.82, 2.24) is 5.32 Å². The van der Waals surface area contributed by atoms with Crippen LogP contribution in [0.4, 0.5) is 17.6 Å². The maximum atomic E-state index is 13.3. The lowest BCUT2D eigenvalue weighted by atomic mass is 10.1. The number of hydrogen-bond donors (Lipinski definition) is 1. The summed E-state index contributed by atoms with van der Waals surface area (Å²) in [4.78, 5) is 0. The third-order valence-electron chi connectivity index (χ3n) is 2.81. The highest BCUT2D eigenvalue weighted by atomic mass is 19.4. The Labute approximate surface area is 116 Å². The molecule has 0 fully saturated rings. The fourth-order valence-electron chi connectivity index (χ4n) is 1.86. The highest BCUT2D eigenvalue weighted by molar-refractivity contribution is 5.36. The summed E-state index contributed by atoms with van der Waals surface area (Å²) in [6.45, 7) is 4.42. The molecule has 0 aliphatic carbocycles. The third-order valence-corrected chi connectivity index (χ3v) is 2.81. The first kappa shape index (κ1) is 16.8. The Bertz CT molecular complexity index is 420. The van der Waals surface area contributed by atoms with Gasteiger partial charge in [0.25, 0.3) is 0 Å². The fourth-order valence-corrected chi connectivity index (χ4v) is 1.86. The molecule has 20 heavy (non-hydrogen) atoms. The molecule has 1 N–H and O–H groups in total. The zero-order valence-electron chi connectivity index (χ0n) is 11.6. The van der Waals surface area contributed by atoms with Crippen molar-refractivity contribution in [2.45, 2.75) is 38.9 Å². The molecule has 1 atom stereocenters. The molecule has 0 heterocycles. The Balaban J connectivity index is 2.64. The molecule has 6 heteroatoms. The molecule has 1 aromatic rings. The second-order valence-corrected chi connectivity index (χ2v) is 4.53. The van der Waals surface area contributed by atoms with Gasteiger partial charge in [0.15, 0.2) is 0 Å². The van der Waals surface area contributed by atoms with Gasteiger partial charge in [0.1, 0.15) is 11.6 Å². The van der Waals surface area contributed by atoms with Crippen molar-refractivity contribution in [2.75, 3.05) is 13.2 Å². The van der Waals surface area contributed by atoms with Crippen molar-refractivity contribution in [3.63, 3.8) is 0 Å². The maximum Gasteiger partial charge on any atom is 0.389 e. The summed E-state index contributed by atoms with van der Waals surface area (Å²) in [7, 11) is 0. The Morgan fingerprint density at radius 1 is 1.30 bits per heavy atom. The van der Waals surface area contributed by atoms with E-state index < -0.39 is 18.4 Å². The summed E-state index contributed by atoms with van der Waals surface area (Å²) in [6.07, 6.45) is -5.17. The summed E-state index contributed by atoms with van der Waals surface area (Å²) in [6, 6.07) is 3.90. The predicted molar refractivity (Wildman–Crippen MR) is 69.3 cm³/mol. The molecule has 0 aliphatic rings. The van der Waals surface area contributed by atoms with Crippen LogP contribution in [-0.4, -0.2) is 19.3 Å². The standard InChI is InChI=1S/C14H19F4NO/c1-3-19-10(2)12-9-11(15)5-6-13(12)20-8-4-7-14(16,17)18/h5-6,9-10,19H,3-4,7-8H2,1-2H3. The minimum Gasteiger partial charge on any atom is -0.493 e. The average molecular weight is 293 g/mol. The summed E-state index contributed by atoms with van der Waals surface area (Å²) < 4.78 is 54.7. The SMILES string of the molecule is CCNC(C)c1cc(F)ccc1OCCCC(F)(F)F. The van der Waals surface area contributed by atoms with Gasteiger partial charge in [-0.15, -0.1) is 0 Å². The Morgan fingerprint density at radius 2 is 2.00 bits per heavy atom. The third kappa shape index (κ3) is 5.77. The molecule has 0 spiro atoms. The quantitative estimate of drug-likeness (QED) is 0.600. The van der Waals surface area contributed by atoms with E-state index in [2.05, 4.69) is 5.32 Å². The van der Waals surface area contributed by atoms with E-state index in [1.807, 2.05) is 13.8 Å². The van der Waals surface area contributed by atoms with Gasteiger partial charge in [0, 0.05) is 18.0 Å². The van der Waals surface area contributed by atoms with E-state index >= 15 is 0 Å². The largest absolute Gasteiger partial charge is 0.493 e. The number of benzene rings is 1. The van der Waals surface area contributed by atoms with E-state index in [0.29, 0.717) is 17.9 Å². The molecule has 1 rings (SSSR count). The highest BCUT2D eigenvalue weighted by Crippen LogP contribution is 2.27. The van der Waals surface area contributed by atoms with Gasteiger partial charge in [-0.2, -0.15) is 13.2 Å². The highest BCUT2D eigenvalue weighted by Gasteiger charge is 2.26. The number of nitrogens with one attached hydrogen (secondary N) is 1. The van der Waals surface area contributed by atoms with Crippen LogP contribution in [0.15, 0.2) is 18.2 Å². The van der Waals surface area contributed by atoms with Crippen molar-refractivity contribution in [2.24, 2.45) is 0 Å². The molecule has 114 valence electrons. The van der Waals surface area contributed by atoms with E-state index in [-0.39, 0.29) is 19.1 Å². The Kier molecular flexibility index (Phi) is 6.26. The molecule has 0 aromatic heterocycles. The maximum absolute atomic E-state index is 13.3. The molecule has 0 saturated carbocycles. The van der Waals surface area contributed by atoms with E-state index in [4.69, 9.17) is 4.74 Å². The number of alkyl halides is 3. The molecular formula is C14H19F4NO. The fraction of sp³-hybridized carbons (Fsp3) is 0.571. The minimum atomic E-state index is -4.17. The van der Waals surface area contributed by atoms with Gasteiger partial charge in [-0.25, -0.2) is 4.39 Å². The average Bonchev–Trinajstić information content (AvgIpc) is 2.35. The number of halogens is 4. The van der Waals surface area contributed by atoms with Gasteiger partial charge in [0.05, 0.1) is 6.61 Å². The lowest BCUT2D eigenvalue weighted by molar-refractivity contribution is -0.136. The lowest BCUT2D eigenvalue weighted by Crippen LogP contribution is -2.19. The van der Waals surface area contributed by atoms with E-state index in [1.54, 1.807) is 0 Å². The van der Waals surface area contributed by atoms with Gasteiger partial charge < -0.3 is 10.1 Å². The van der Waals surface area contributed by atoms with Gasteiger partial charge in [0.2, 0.25) is 0 Å². The zero-order valence-corrected chi connectivity index (χ0v) is 11.6. The first-order valence-corrected chi connectivity index (χ1v) is 6.56. The second-order valence-electron chi connectivity index (χ2n) is 4.53. The monoisotopic (exact) mass is 293 g/mol. The molecule has 0 amide bonds. The first-order chi connectivity index (χ1) is 9.33. The molecule has 0 bridgehead atoms. The normalized spacial score (nSPS) is 13.3. The van der Waals surface area contributed by atoms with Crippen molar-refractivity contribution >= 4 is 0 Å². The van der Waals surface area contributed by atoms with Gasteiger partial charge >= 0.3 is 6.18 Å². The van der Waals surface area contributed by atoms with Crippen molar-refractivity contribution in [3.8, 4) is 5.75 Å². The molecule has 1 unspecified atom stereocenters. The molecule has 1 aromatic carbocycles. The van der Waals surface area contributed by atoms with Crippen LogP contribution in [0.5, 0.6) is 5.75 Å². The smallest absolute Gasteiger partial charge is 0.389 e.